The van der Waals surface area contributed by atoms with Crippen molar-refractivity contribution in [3.63, 3.8) is 0 Å². The number of hydrogen-bond donors (Lipinski definition) is 0. The van der Waals surface area contributed by atoms with E-state index in [1.807, 2.05) is 0 Å². The lowest BCUT2D eigenvalue weighted by molar-refractivity contribution is 0.401. The smallest absolute Gasteiger partial charge is 0.0213 e. The lowest BCUT2D eigenvalue weighted by Crippen LogP contribution is -2.08. The van der Waals surface area contributed by atoms with Crippen molar-refractivity contribution < 1.29 is 0 Å². The molecule has 0 bridgehead atoms. The molecule has 2 aliphatic carbocycles. The van der Waals surface area contributed by atoms with E-state index in [-0.39, 0.29) is 0 Å². The van der Waals surface area contributed by atoms with Crippen molar-refractivity contribution in [3.8, 4) is 23.7 Å². The van der Waals surface area contributed by atoms with Gasteiger partial charge in [-0.1, -0.05) is 24.7 Å². The summed E-state index contributed by atoms with van der Waals surface area (Å²) < 4.78 is 0. The molecule has 2 aliphatic rings. The minimum Gasteiger partial charge on any atom is -0.0857 e. The summed E-state index contributed by atoms with van der Waals surface area (Å²) in [5.74, 6) is 13.7. The second kappa shape index (κ2) is 3.68. The molecule has 62 valence electrons. The van der Waals surface area contributed by atoms with E-state index in [1.54, 1.807) is 0 Å². The molecule has 0 aromatic rings. The van der Waals surface area contributed by atoms with E-state index in [9.17, 15) is 0 Å². The molecule has 0 heterocycles. The van der Waals surface area contributed by atoms with Crippen LogP contribution in [0.2, 0.25) is 0 Å². The third kappa shape index (κ3) is 1.83. The zero-order chi connectivity index (χ0) is 8.23. The first-order valence-corrected chi connectivity index (χ1v) is 4.96. The van der Waals surface area contributed by atoms with Gasteiger partial charge in [-0.25, -0.2) is 0 Å². The highest BCUT2D eigenvalue weighted by molar-refractivity contribution is 5.28. The molecule has 2 rings (SSSR count). The van der Waals surface area contributed by atoms with Crippen molar-refractivity contribution in [1.82, 2.24) is 0 Å². The molecular weight excluding hydrogens is 144 g/mol. The van der Waals surface area contributed by atoms with Crippen LogP contribution in [0.15, 0.2) is 0 Å². The quantitative estimate of drug-likeness (QED) is 0.475. The minimum atomic E-state index is 0.681. The fourth-order valence-electron chi connectivity index (χ4n) is 1.38. The van der Waals surface area contributed by atoms with Crippen LogP contribution < -0.4 is 0 Å². The largest absolute Gasteiger partial charge is 0.0857 e. The molecule has 0 spiro atoms. The van der Waals surface area contributed by atoms with Gasteiger partial charge in [0, 0.05) is 11.8 Å². The summed E-state index contributed by atoms with van der Waals surface area (Å²) in [6, 6.07) is 0. The standard InChI is InChI=1S/C12H14/c1(5-11-7-3-8-11)2-6-12-9-4-10-12/h11-12H,3-4,7-10H2. The summed E-state index contributed by atoms with van der Waals surface area (Å²) in [5.41, 5.74) is 0. The zero-order valence-corrected chi connectivity index (χ0v) is 7.40. The molecule has 0 amide bonds. The molecule has 0 N–H and O–H groups in total. The van der Waals surface area contributed by atoms with Crippen molar-refractivity contribution in [1.29, 1.82) is 0 Å². The van der Waals surface area contributed by atoms with E-state index in [1.165, 1.54) is 38.5 Å². The Morgan fingerprint density at radius 3 is 1.33 bits per heavy atom. The molecule has 0 aliphatic heterocycles. The third-order valence-corrected chi connectivity index (χ3v) is 2.83. The predicted octanol–water partition coefficient (Wildman–Crippen LogP) is 2.59. The summed E-state index contributed by atoms with van der Waals surface area (Å²) in [7, 11) is 0. The summed E-state index contributed by atoms with van der Waals surface area (Å²) in [4.78, 5) is 0. The first-order chi connectivity index (χ1) is 5.95. The Hall–Kier alpha value is -0.880. The Morgan fingerprint density at radius 1 is 0.667 bits per heavy atom. The molecule has 0 radical (unpaired) electrons. The third-order valence-electron chi connectivity index (χ3n) is 2.83. The van der Waals surface area contributed by atoms with Crippen LogP contribution >= 0.6 is 0 Å². The van der Waals surface area contributed by atoms with Crippen LogP contribution in [-0.2, 0) is 0 Å². The van der Waals surface area contributed by atoms with E-state index in [2.05, 4.69) is 23.7 Å². The van der Waals surface area contributed by atoms with E-state index in [4.69, 9.17) is 0 Å². The van der Waals surface area contributed by atoms with Crippen molar-refractivity contribution in [2.45, 2.75) is 38.5 Å². The van der Waals surface area contributed by atoms with E-state index >= 15 is 0 Å². The molecule has 0 aromatic heterocycles. The van der Waals surface area contributed by atoms with Crippen LogP contribution in [0.4, 0.5) is 0 Å². The van der Waals surface area contributed by atoms with Gasteiger partial charge in [-0.15, -0.1) is 0 Å². The first kappa shape index (κ1) is 7.75. The van der Waals surface area contributed by atoms with Gasteiger partial charge in [0.25, 0.3) is 0 Å². The Labute approximate surface area is 74.7 Å². The fourth-order valence-corrected chi connectivity index (χ4v) is 1.38. The first-order valence-electron chi connectivity index (χ1n) is 4.96. The van der Waals surface area contributed by atoms with Crippen molar-refractivity contribution in [3.05, 3.63) is 0 Å². The number of rotatable bonds is 0. The molecule has 0 saturated heterocycles. The molecule has 12 heavy (non-hydrogen) atoms. The van der Waals surface area contributed by atoms with Crippen molar-refractivity contribution in [2.24, 2.45) is 11.8 Å². The highest BCUT2D eigenvalue weighted by Gasteiger charge is 2.14. The molecule has 2 fully saturated rings. The van der Waals surface area contributed by atoms with Gasteiger partial charge in [0.1, 0.15) is 0 Å². The van der Waals surface area contributed by atoms with Gasteiger partial charge in [0.05, 0.1) is 0 Å². The van der Waals surface area contributed by atoms with Gasteiger partial charge in [0.2, 0.25) is 0 Å². The predicted molar refractivity (Wildman–Crippen MR) is 50.2 cm³/mol. The zero-order valence-electron chi connectivity index (χ0n) is 7.40. The SMILES string of the molecule is C(C#CC1CCC1)#CC1CCC1. The summed E-state index contributed by atoms with van der Waals surface area (Å²) in [5, 5.41) is 0. The molecule has 0 aromatic carbocycles. The maximum absolute atomic E-state index is 3.20. The van der Waals surface area contributed by atoms with Crippen LogP contribution in [0.25, 0.3) is 0 Å². The highest BCUT2D eigenvalue weighted by atomic mass is 14.2. The average Bonchev–Trinajstić information content (AvgIpc) is 1.88. The molecular formula is C12H14. The van der Waals surface area contributed by atoms with Gasteiger partial charge in [0.15, 0.2) is 0 Å². The maximum Gasteiger partial charge on any atom is 0.0213 e. The lowest BCUT2D eigenvalue weighted by atomic mass is 9.85. The van der Waals surface area contributed by atoms with Gasteiger partial charge in [-0.2, -0.15) is 0 Å². The van der Waals surface area contributed by atoms with E-state index in [0.29, 0.717) is 11.8 Å². The van der Waals surface area contributed by atoms with Crippen LogP contribution in [0, 0.1) is 35.5 Å². The summed E-state index contributed by atoms with van der Waals surface area (Å²) in [6.45, 7) is 0. The van der Waals surface area contributed by atoms with Crippen LogP contribution in [0.5, 0.6) is 0 Å². The normalized spacial score (nSPS) is 22.3. The summed E-state index contributed by atoms with van der Waals surface area (Å²) in [6.07, 6.45) is 7.96. The average molecular weight is 158 g/mol. The molecule has 0 heteroatoms. The second-order valence-electron chi connectivity index (χ2n) is 3.79. The van der Waals surface area contributed by atoms with Gasteiger partial charge >= 0.3 is 0 Å². The number of hydrogen-bond acceptors (Lipinski definition) is 0. The maximum atomic E-state index is 3.20. The molecule has 0 nitrogen and oxygen atoms in total. The molecule has 0 unspecified atom stereocenters. The fraction of sp³-hybridized carbons (Fsp3) is 0.667. The molecule has 0 atom stereocenters. The Morgan fingerprint density at radius 2 is 1.08 bits per heavy atom. The van der Waals surface area contributed by atoms with Crippen molar-refractivity contribution in [2.75, 3.05) is 0 Å². The van der Waals surface area contributed by atoms with E-state index < -0.39 is 0 Å². The highest BCUT2D eigenvalue weighted by Crippen LogP contribution is 2.25. The Bertz CT molecular complexity index is 228. The van der Waals surface area contributed by atoms with Crippen LogP contribution in [0.3, 0.4) is 0 Å². The van der Waals surface area contributed by atoms with Gasteiger partial charge in [-0.3, -0.25) is 0 Å². The van der Waals surface area contributed by atoms with E-state index in [0.717, 1.165) is 0 Å². The second-order valence-corrected chi connectivity index (χ2v) is 3.79. The Kier molecular flexibility index (Phi) is 2.38. The lowest BCUT2D eigenvalue weighted by Gasteiger charge is -2.18. The van der Waals surface area contributed by atoms with Gasteiger partial charge in [-0.05, 0) is 37.5 Å². The Balaban J connectivity index is 1.75. The summed E-state index contributed by atoms with van der Waals surface area (Å²) >= 11 is 0. The minimum absolute atomic E-state index is 0.681. The van der Waals surface area contributed by atoms with Gasteiger partial charge < -0.3 is 0 Å². The van der Waals surface area contributed by atoms with Crippen LogP contribution in [0.1, 0.15) is 38.5 Å². The van der Waals surface area contributed by atoms with Crippen LogP contribution in [-0.4, -0.2) is 0 Å². The molecule has 2 saturated carbocycles. The monoisotopic (exact) mass is 158 g/mol. The van der Waals surface area contributed by atoms with Crippen molar-refractivity contribution >= 4 is 0 Å². The topological polar surface area (TPSA) is 0 Å².